The van der Waals surface area contributed by atoms with Gasteiger partial charge in [-0.2, -0.15) is 0 Å². The van der Waals surface area contributed by atoms with Crippen LogP contribution >= 0.6 is 0 Å². The molecule has 13 heavy (non-hydrogen) atoms. The topological polar surface area (TPSA) is 12.0 Å². The number of rotatable bonds is 3. The summed E-state index contributed by atoms with van der Waals surface area (Å²) in [5.74, 6) is 0.836. The number of halogens is 1. The molecule has 0 heterocycles. The third kappa shape index (κ3) is 2.53. The minimum absolute atomic E-state index is 0.0573. The Morgan fingerprint density at radius 3 is 2.85 bits per heavy atom. The Morgan fingerprint density at radius 2 is 2.15 bits per heavy atom. The van der Waals surface area contributed by atoms with Crippen LogP contribution in [0.25, 0.3) is 0 Å². The van der Waals surface area contributed by atoms with Crippen LogP contribution in [0.1, 0.15) is 32.1 Å². The third-order valence-electron chi connectivity index (χ3n) is 3.08. The van der Waals surface area contributed by atoms with Gasteiger partial charge in [-0.3, -0.25) is 0 Å². The van der Waals surface area contributed by atoms with Crippen molar-refractivity contribution in [2.24, 2.45) is 5.92 Å². The van der Waals surface area contributed by atoms with Gasteiger partial charge in [0, 0.05) is 6.04 Å². The van der Waals surface area contributed by atoms with E-state index in [4.69, 9.17) is 0 Å². The van der Waals surface area contributed by atoms with E-state index in [1.54, 1.807) is 0 Å². The predicted octanol–water partition coefficient (Wildman–Crippen LogP) is 2.43. The average molecular weight is 183 g/mol. The lowest BCUT2D eigenvalue weighted by molar-refractivity contribution is 0.212. The lowest BCUT2D eigenvalue weighted by Crippen LogP contribution is -2.41. The number of alkyl halides is 1. The van der Waals surface area contributed by atoms with E-state index in [1.807, 2.05) is 0 Å². The van der Waals surface area contributed by atoms with E-state index >= 15 is 0 Å². The molecule has 0 radical (unpaired) electrons. The van der Waals surface area contributed by atoms with Crippen molar-refractivity contribution in [3.63, 3.8) is 0 Å². The molecule has 0 aliphatic heterocycles. The van der Waals surface area contributed by atoms with Gasteiger partial charge in [0.05, 0.1) is 0 Å². The molecule has 2 aliphatic carbocycles. The van der Waals surface area contributed by atoms with Crippen LogP contribution < -0.4 is 5.32 Å². The van der Waals surface area contributed by atoms with Crippen molar-refractivity contribution in [1.29, 1.82) is 0 Å². The van der Waals surface area contributed by atoms with Crippen molar-refractivity contribution in [3.05, 3.63) is 12.2 Å². The van der Waals surface area contributed by atoms with Crippen LogP contribution in [0.2, 0.25) is 0 Å². The van der Waals surface area contributed by atoms with Crippen LogP contribution in [0.4, 0.5) is 4.39 Å². The van der Waals surface area contributed by atoms with E-state index in [9.17, 15) is 4.39 Å². The molecular weight excluding hydrogens is 165 g/mol. The normalized spacial score (nSPS) is 35.0. The van der Waals surface area contributed by atoms with Gasteiger partial charge in [0.15, 0.2) is 0 Å². The number of hydrogen-bond acceptors (Lipinski definition) is 1. The molecule has 0 aromatic carbocycles. The van der Waals surface area contributed by atoms with E-state index in [-0.39, 0.29) is 6.04 Å². The summed E-state index contributed by atoms with van der Waals surface area (Å²) in [6.45, 7) is 4.95. The van der Waals surface area contributed by atoms with Crippen LogP contribution in [0, 0.1) is 5.92 Å². The van der Waals surface area contributed by atoms with E-state index in [1.165, 1.54) is 18.4 Å². The summed E-state index contributed by atoms with van der Waals surface area (Å²) in [7, 11) is 0. The summed E-state index contributed by atoms with van der Waals surface area (Å²) in [6, 6.07) is 0.0573. The molecule has 2 rings (SSSR count). The summed E-state index contributed by atoms with van der Waals surface area (Å²) in [5.41, 5.74) is 1.21. The summed E-state index contributed by atoms with van der Waals surface area (Å²) in [6.07, 6.45) is 4.40. The molecule has 0 aromatic rings. The first kappa shape index (κ1) is 9.20. The Morgan fingerprint density at radius 1 is 1.38 bits per heavy atom. The van der Waals surface area contributed by atoms with Gasteiger partial charge in [-0.05, 0) is 44.6 Å². The van der Waals surface area contributed by atoms with Gasteiger partial charge in [-0.1, -0.05) is 12.2 Å². The Kier molecular flexibility index (Phi) is 2.68. The summed E-state index contributed by atoms with van der Waals surface area (Å²) in [5, 5.41) is 3.33. The Labute approximate surface area is 79.4 Å². The second kappa shape index (κ2) is 3.79. The largest absolute Gasteiger partial charge is 0.311 e. The van der Waals surface area contributed by atoms with Crippen LogP contribution in [0.5, 0.6) is 0 Å². The molecule has 74 valence electrons. The average Bonchev–Trinajstić information content (AvgIpc) is 2.90. The van der Waals surface area contributed by atoms with Gasteiger partial charge in [-0.25, -0.2) is 4.39 Å². The molecule has 2 fully saturated rings. The molecular formula is C11H18FN. The zero-order valence-corrected chi connectivity index (χ0v) is 8.06. The van der Waals surface area contributed by atoms with E-state index in [0.29, 0.717) is 6.42 Å². The van der Waals surface area contributed by atoms with Crippen molar-refractivity contribution in [3.8, 4) is 0 Å². The zero-order valence-electron chi connectivity index (χ0n) is 8.06. The van der Waals surface area contributed by atoms with Crippen molar-refractivity contribution in [2.45, 2.75) is 44.3 Å². The fourth-order valence-electron chi connectivity index (χ4n) is 1.92. The lowest BCUT2D eigenvalue weighted by atomic mass is 9.90. The maximum atomic E-state index is 13.4. The fraction of sp³-hybridized carbons (Fsp3) is 0.818. The first-order valence-corrected chi connectivity index (χ1v) is 5.30. The highest BCUT2D eigenvalue weighted by Gasteiger charge is 2.28. The maximum absolute atomic E-state index is 13.4. The molecule has 0 aromatic heterocycles. The second-order valence-electron chi connectivity index (χ2n) is 4.47. The lowest BCUT2D eigenvalue weighted by Gasteiger charge is -2.28. The quantitative estimate of drug-likeness (QED) is 0.663. The van der Waals surface area contributed by atoms with Crippen molar-refractivity contribution in [2.75, 3.05) is 6.54 Å². The van der Waals surface area contributed by atoms with Gasteiger partial charge >= 0.3 is 0 Å². The van der Waals surface area contributed by atoms with Crippen LogP contribution in [-0.4, -0.2) is 18.8 Å². The molecule has 0 saturated heterocycles. The van der Waals surface area contributed by atoms with E-state index < -0.39 is 6.17 Å². The first-order valence-electron chi connectivity index (χ1n) is 5.30. The van der Waals surface area contributed by atoms with Gasteiger partial charge in [0.1, 0.15) is 6.17 Å². The number of nitrogens with one attached hydrogen (secondary N) is 1. The monoisotopic (exact) mass is 183 g/mol. The van der Waals surface area contributed by atoms with Crippen LogP contribution in [0.3, 0.4) is 0 Å². The summed E-state index contributed by atoms with van der Waals surface area (Å²) < 4.78 is 13.4. The Bertz CT molecular complexity index is 198. The maximum Gasteiger partial charge on any atom is 0.116 e. The summed E-state index contributed by atoms with van der Waals surface area (Å²) in [4.78, 5) is 0. The molecule has 1 nitrogen and oxygen atoms in total. The molecule has 2 saturated carbocycles. The van der Waals surface area contributed by atoms with Gasteiger partial charge < -0.3 is 5.32 Å². The fourth-order valence-corrected chi connectivity index (χ4v) is 1.92. The van der Waals surface area contributed by atoms with Gasteiger partial charge in [0.2, 0.25) is 0 Å². The number of hydrogen-bond donors (Lipinski definition) is 1. The molecule has 2 aliphatic rings. The van der Waals surface area contributed by atoms with Crippen molar-refractivity contribution in [1.82, 2.24) is 5.32 Å². The molecule has 1 N–H and O–H groups in total. The van der Waals surface area contributed by atoms with Crippen LogP contribution in [-0.2, 0) is 0 Å². The first-order chi connectivity index (χ1) is 6.25. The molecule has 2 atom stereocenters. The summed E-state index contributed by atoms with van der Waals surface area (Å²) >= 11 is 0. The standard InChI is InChI=1S/C11H18FN/c1-8-2-5-10(12)11(6-8)13-7-9-3-4-9/h9-11,13H,1-7H2. The molecule has 0 spiro atoms. The smallest absolute Gasteiger partial charge is 0.116 e. The highest BCUT2D eigenvalue weighted by atomic mass is 19.1. The predicted molar refractivity (Wildman–Crippen MR) is 52.4 cm³/mol. The molecule has 0 bridgehead atoms. The second-order valence-corrected chi connectivity index (χ2v) is 4.47. The molecule has 2 unspecified atom stereocenters. The third-order valence-corrected chi connectivity index (χ3v) is 3.08. The minimum Gasteiger partial charge on any atom is -0.311 e. The Hall–Kier alpha value is -0.370. The minimum atomic E-state index is -0.649. The zero-order chi connectivity index (χ0) is 9.26. The molecule has 0 amide bonds. The highest BCUT2D eigenvalue weighted by molar-refractivity contribution is 5.04. The molecule has 2 heteroatoms. The van der Waals surface area contributed by atoms with E-state index in [0.717, 1.165) is 25.3 Å². The van der Waals surface area contributed by atoms with Gasteiger partial charge in [0.25, 0.3) is 0 Å². The SMILES string of the molecule is C=C1CCC(F)C(NCC2CC2)C1. The van der Waals surface area contributed by atoms with Crippen molar-refractivity contribution >= 4 is 0 Å². The van der Waals surface area contributed by atoms with Crippen molar-refractivity contribution < 1.29 is 4.39 Å². The highest BCUT2D eigenvalue weighted by Crippen LogP contribution is 2.29. The van der Waals surface area contributed by atoms with Crippen LogP contribution in [0.15, 0.2) is 12.2 Å². The Balaban J connectivity index is 1.76. The van der Waals surface area contributed by atoms with Gasteiger partial charge in [-0.15, -0.1) is 0 Å². The van der Waals surface area contributed by atoms with E-state index in [2.05, 4.69) is 11.9 Å².